The summed E-state index contributed by atoms with van der Waals surface area (Å²) in [4.78, 5) is 32.1. The van der Waals surface area contributed by atoms with Gasteiger partial charge in [-0.3, -0.25) is 9.59 Å². The average Bonchev–Trinajstić information content (AvgIpc) is 3.19. The molecule has 2 heterocycles. The van der Waals surface area contributed by atoms with Crippen LogP contribution >= 0.6 is 11.6 Å². The van der Waals surface area contributed by atoms with Crippen LogP contribution in [0.3, 0.4) is 0 Å². The molecule has 0 bridgehead atoms. The second kappa shape index (κ2) is 11.0. The highest BCUT2D eigenvalue weighted by Crippen LogP contribution is 2.26. The molecule has 1 aromatic heterocycles. The van der Waals surface area contributed by atoms with Crippen molar-refractivity contribution in [2.75, 3.05) is 51.3 Å². The van der Waals surface area contributed by atoms with Gasteiger partial charge in [-0.2, -0.15) is 4.98 Å². The molecule has 11 heteroatoms. The highest BCUT2D eigenvalue weighted by atomic mass is 35.5. The van der Waals surface area contributed by atoms with E-state index < -0.39 is 5.91 Å². The summed E-state index contributed by atoms with van der Waals surface area (Å²) in [5, 5.41) is 14.0. The number of carbonyl (C=O) groups is 2. The second-order valence-electron chi connectivity index (χ2n) is 8.09. The van der Waals surface area contributed by atoms with Gasteiger partial charge in [-0.05, 0) is 31.8 Å². The predicted octanol–water partition coefficient (Wildman–Crippen LogP) is 2.15. The summed E-state index contributed by atoms with van der Waals surface area (Å²) in [6.45, 7) is 2.91. The third-order valence-electron chi connectivity index (χ3n) is 5.20. The Balaban J connectivity index is 1.55. The maximum Gasteiger partial charge on any atom is 0.292 e. The van der Waals surface area contributed by atoms with Crippen LogP contribution in [0.4, 0.5) is 11.7 Å². The first-order chi connectivity index (χ1) is 15.8. The van der Waals surface area contributed by atoms with Crippen molar-refractivity contribution in [3.05, 3.63) is 46.9 Å². The van der Waals surface area contributed by atoms with Crippen LogP contribution in [-0.4, -0.2) is 73.1 Å². The monoisotopic (exact) mass is 473 g/mol. The van der Waals surface area contributed by atoms with E-state index in [0.717, 1.165) is 25.9 Å². The largest absolute Gasteiger partial charge is 0.431 e. The van der Waals surface area contributed by atoms with Crippen molar-refractivity contribution in [2.45, 2.75) is 6.42 Å². The molecule has 0 spiro atoms. The summed E-state index contributed by atoms with van der Waals surface area (Å²) >= 11 is 6.22. The summed E-state index contributed by atoms with van der Waals surface area (Å²) in [6.07, 6.45) is 4.66. The lowest BCUT2D eigenvalue weighted by Gasteiger charge is -2.39. The van der Waals surface area contributed by atoms with E-state index in [9.17, 15) is 9.59 Å². The van der Waals surface area contributed by atoms with E-state index >= 15 is 0 Å². The van der Waals surface area contributed by atoms with Crippen LogP contribution in [0, 0.1) is 11.3 Å². The van der Waals surface area contributed by atoms with E-state index in [1.165, 1.54) is 6.21 Å². The zero-order valence-electron chi connectivity index (χ0n) is 18.6. The fourth-order valence-electron chi connectivity index (χ4n) is 3.30. The quantitative estimate of drug-likeness (QED) is 0.387. The Hall–Kier alpha value is -3.37. The molecule has 0 unspecified atom stereocenters. The zero-order valence-corrected chi connectivity index (χ0v) is 19.4. The van der Waals surface area contributed by atoms with Crippen LogP contribution in [0.1, 0.15) is 22.5 Å². The Bertz CT molecular complexity index is 1040. The molecule has 2 aromatic rings. The summed E-state index contributed by atoms with van der Waals surface area (Å²) in [6, 6.07) is 4.98. The normalized spacial score (nSPS) is 14.2. The van der Waals surface area contributed by atoms with Gasteiger partial charge in [0.25, 0.3) is 11.9 Å². The number of nitrogen functional groups attached to an aromatic ring is 1. The van der Waals surface area contributed by atoms with Crippen molar-refractivity contribution in [1.82, 2.24) is 20.1 Å². The minimum atomic E-state index is -0.511. The number of nitrogens with zero attached hydrogens (tertiary/aromatic N) is 3. The van der Waals surface area contributed by atoms with Gasteiger partial charge in [0.05, 0.1) is 10.7 Å². The summed E-state index contributed by atoms with van der Waals surface area (Å²) in [7, 11) is 3.90. The molecule has 1 aliphatic heterocycles. The Morgan fingerprint density at radius 1 is 1.39 bits per heavy atom. The van der Waals surface area contributed by atoms with E-state index in [1.54, 1.807) is 24.4 Å². The number of nitrogens with two attached hydrogens (primary N) is 1. The molecule has 2 amide bonds. The highest BCUT2D eigenvalue weighted by molar-refractivity contribution is 6.34. The lowest BCUT2D eigenvalue weighted by Crippen LogP contribution is -2.53. The molecule has 33 heavy (non-hydrogen) atoms. The molecule has 0 aliphatic carbocycles. The predicted molar refractivity (Wildman–Crippen MR) is 128 cm³/mol. The zero-order chi connectivity index (χ0) is 24.0. The van der Waals surface area contributed by atoms with Gasteiger partial charge in [0.1, 0.15) is 6.26 Å². The van der Waals surface area contributed by atoms with Gasteiger partial charge in [-0.15, -0.1) is 0 Å². The van der Waals surface area contributed by atoms with Crippen molar-refractivity contribution < 1.29 is 14.0 Å². The van der Waals surface area contributed by atoms with Crippen molar-refractivity contribution in [3.63, 3.8) is 0 Å². The first kappa shape index (κ1) is 24.3. The van der Waals surface area contributed by atoms with Gasteiger partial charge < -0.3 is 36.0 Å². The molecule has 0 saturated carbocycles. The SMILES string of the molecule is CN(C)CCC(=O)N1CC(CN/C=C(\C=N)c2ccc(Cl)c(NC(=O)c3coc(N)n3)c2)C1. The van der Waals surface area contributed by atoms with E-state index in [1.807, 2.05) is 23.9 Å². The number of anilines is 2. The van der Waals surface area contributed by atoms with Crippen LogP contribution in [0.2, 0.25) is 5.02 Å². The maximum atomic E-state index is 12.3. The van der Waals surface area contributed by atoms with Crippen LogP contribution in [-0.2, 0) is 4.79 Å². The molecule has 1 aliphatic rings. The molecule has 5 N–H and O–H groups in total. The topological polar surface area (TPSA) is 141 Å². The van der Waals surface area contributed by atoms with E-state index in [0.29, 0.717) is 40.7 Å². The second-order valence-corrected chi connectivity index (χ2v) is 8.50. The van der Waals surface area contributed by atoms with E-state index in [4.69, 9.17) is 27.2 Å². The Labute approximate surface area is 197 Å². The molecule has 0 radical (unpaired) electrons. The van der Waals surface area contributed by atoms with Crippen LogP contribution < -0.4 is 16.4 Å². The van der Waals surface area contributed by atoms with Crippen molar-refractivity contribution in [2.24, 2.45) is 5.92 Å². The number of hydrogen-bond acceptors (Lipinski definition) is 8. The molecule has 0 atom stereocenters. The molecule has 1 fully saturated rings. The minimum Gasteiger partial charge on any atom is -0.431 e. The van der Waals surface area contributed by atoms with Gasteiger partial charge in [0, 0.05) is 56.5 Å². The van der Waals surface area contributed by atoms with E-state index in [2.05, 4.69) is 15.6 Å². The Morgan fingerprint density at radius 3 is 2.79 bits per heavy atom. The number of aromatic nitrogens is 1. The lowest BCUT2D eigenvalue weighted by atomic mass is 9.99. The van der Waals surface area contributed by atoms with Crippen molar-refractivity contribution in [1.29, 1.82) is 5.41 Å². The first-order valence-corrected chi connectivity index (χ1v) is 10.8. The third-order valence-corrected chi connectivity index (χ3v) is 5.53. The number of benzene rings is 1. The van der Waals surface area contributed by atoms with Gasteiger partial charge in [-0.1, -0.05) is 17.7 Å². The third kappa shape index (κ3) is 6.56. The van der Waals surface area contributed by atoms with Crippen LogP contribution in [0.5, 0.6) is 0 Å². The molecule has 176 valence electrons. The number of oxazole rings is 1. The summed E-state index contributed by atoms with van der Waals surface area (Å²) < 4.78 is 4.85. The van der Waals surface area contributed by atoms with E-state index in [-0.39, 0.29) is 17.6 Å². The summed E-state index contributed by atoms with van der Waals surface area (Å²) in [5.41, 5.74) is 7.13. The standard InChI is InChI=1S/C22H28ClN7O3/c1-29(2)6-5-20(31)30-11-14(12-30)9-26-10-16(8-24)15-3-4-17(23)18(7-15)27-21(32)19-13-33-22(25)28-19/h3-4,7-8,10,13-14,24,26H,5-6,9,11-12H2,1-2H3,(H2,25,28)(H,27,32)/b16-10+,24-8?. The molecular weight excluding hydrogens is 446 g/mol. The lowest BCUT2D eigenvalue weighted by molar-refractivity contribution is -0.137. The number of hydrogen-bond donors (Lipinski definition) is 4. The number of allylic oxidation sites excluding steroid dienone is 1. The first-order valence-electron chi connectivity index (χ1n) is 10.5. The van der Waals surface area contributed by atoms with Gasteiger partial charge >= 0.3 is 0 Å². The highest BCUT2D eigenvalue weighted by Gasteiger charge is 2.29. The average molecular weight is 474 g/mol. The molecule has 1 aromatic carbocycles. The summed E-state index contributed by atoms with van der Waals surface area (Å²) in [5.74, 6) is 0.0360. The number of nitrogens with one attached hydrogen (secondary N) is 3. The minimum absolute atomic E-state index is 0.0354. The van der Waals surface area contributed by atoms with Crippen LogP contribution in [0.15, 0.2) is 35.1 Å². The fraction of sp³-hybridized carbons (Fsp3) is 0.364. The molecule has 1 saturated heterocycles. The van der Waals surface area contributed by atoms with Crippen molar-refractivity contribution in [3.8, 4) is 0 Å². The van der Waals surface area contributed by atoms with Gasteiger partial charge in [-0.25, -0.2) is 0 Å². The number of halogens is 1. The van der Waals surface area contributed by atoms with Gasteiger partial charge in [0.15, 0.2) is 5.69 Å². The smallest absolute Gasteiger partial charge is 0.292 e. The number of rotatable bonds is 10. The number of likely N-dealkylation sites (tertiary alicyclic amines) is 1. The molecular formula is C22H28ClN7O3. The van der Waals surface area contributed by atoms with Crippen LogP contribution in [0.25, 0.3) is 5.57 Å². The Morgan fingerprint density at radius 2 is 2.15 bits per heavy atom. The number of carbonyl (C=O) groups excluding carboxylic acids is 2. The number of amides is 2. The molecule has 3 rings (SSSR count). The Kier molecular flexibility index (Phi) is 8.07. The fourth-order valence-corrected chi connectivity index (χ4v) is 3.47. The molecule has 10 nitrogen and oxygen atoms in total. The van der Waals surface area contributed by atoms with Gasteiger partial charge in [0.2, 0.25) is 5.91 Å². The van der Waals surface area contributed by atoms with Crippen molar-refractivity contribution >= 4 is 46.9 Å². The maximum absolute atomic E-state index is 12.3.